The molecule has 0 aliphatic carbocycles. The molecule has 0 amide bonds. The van der Waals surface area contributed by atoms with E-state index in [2.05, 4.69) is 25.9 Å². The minimum absolute atomic E-state index is 0.145. The van der Waals surface area contributed by atoms with Crippen molar-refractivity contribution < 1.29 is 4.74 Å². The largest absolute Gasteiger partial charge is 0.494 e. The van der Waals surface area contributed by atoms with Crippen molar-refractivity contribution in [3.63, 3.8) is 0 Å². The van der Waals surface area contributed by atoms with Crippen LogP contribution < -0.4 is 10.4 Å². The van der Waals surface area contributed by atoms with E-state index in [-0.39, 0.29) is 5.69 Å². The van der Waals surface area contributed by atoms with E-state index in [1.54, 1.807) is 18.0 Å². The van der Waals surface area contributed by atoms with Gasteiger partial charge < -0.3 is 14.7 Å². The first kappa shape index (κ1) is 14.3. The van der Waals surface area contributed by atoms with Crippen LogP contribution in [-0.2, 0) is 5.75 Å². The molecule has 2 N–H and O–H groups in total. The van der Waals surface area contributed by atoms with Crippen LogP contribution in [-0.4, -0.2) is 22.3 Å². The molecule has 0 aliphatic heterocycles. The number of H-pyrrole nitrogens is 2. The topological polar surface area (TPSA) is 57.9 Å². The van der Waals surface area contributed by atoms with E-state index in [4.69, 9.17) is 4.74 Å². The summed E-state index contributed by atoms with van der Waals surface area (Å²) in [6.07, 6.45) is 2.69. The maximum absolute atomic E-state index is 10.9. The first-order chi connectivity index (χ1) is 9.24. The van der Waals surface area contributed by atoms with Crippen molar-refractivity contribution >= 4 is 27.7 Å². The molecule has 19 heavy (non-hydrogen) atoms. The number of aromatic nitrogens is 2. The van der Waals surface area contributed by atoms with Crippen molar-refractivity contribution in [1.82, 2.24) is 9.97 Å². The lowest BCUT2D eigenvalue weighted by Crippen LogP contribution is -2.01. The van der Waals surface area contributed by atoms with Crippen LogP contribution in [0.25, 0.3) is 0 Å². The van der Waals surface area contributed by atoms with Crippen molar-refractivity contribution in [2.45, 2.75) is 12.2 Å². The van der Waals surface area contributed by atoms with Gasteiger partial charge in [-0.1, -0.05) is 22.0 Å². The van der Waals surface area contributed by atoms with Gasteiger partial charge in [0.25, 0.3) is 0 Å². The predicted molar refractivity (Wildman–Crippen MR) is 81.8 cm³/mol. The summed E-state index contributed by atoms with van der Waals surface area (Å²) in [6, 6.07) is 7.83. The number of rotatable bonds is 7. The molecule has 102 valence electrons. The number of hydrogen-bond acceptors (Lipinski definition) is 3. The van der Waals surface area contributed by atoms with Crippen molar-refractivity contribution in [2.24, 2.45) is 0 Å². The lowest BCUT2D eigenvalue weighted by Gasteiger charge is -2.06. The first-order valence-electron chi connectivity index (χ1n) is 5.97. The van der Waals surface area contributed by atoms with Crippen molar-refractivity contribution in [2.75, 3.05) is 12.4 Å². The SMILES string of the molecule is O=c1[nH]cc(CSCCCOc2cccc(Br)c2)[nH]1. The summed E-state index contributed by atoms with van der Waals surface area (Å²) in [5, 5.41) is 0. The molecule has 0 fully saturated rings. The maximum atomic E-state index is 10.9. The van der Waals surface area contributed by atoms with E-state index in [1.807, 2.05) is 24.3 Å². The second-order valence-corrected chi connectivity index (χ2v) is 6.00. The fourth-order valence-electron chi connectivity index (χ4n) is 1.54. The minimum atomic E-state index is -0.145. The Balaban J connectivity index is 1.58. The third kappa shape index (κ3) is 5.16. The Morgan fingerprint density at radius 3 is 3.00 bits per heavy atom. The highest BCUT2D eigenvalue weighted by Gasteiger charge is 1.98. The molecule has 2 aromatic rings. The normalized spacial score (nSPS) is 10.6. The van der Waals surface area contributed by atoms with Crippen LogP contribution in [0, 0.1) is 0 Å². The number of hydrogen-bond donors (Lipinski definition) is 2. The number of imidazole rings is 1. The number of thioether (sulfide) groups is 1. The highest BCUT2D eigenvalue weighted by molar-refractivity contribution is 9.10. The maximum Gasteiger partial charge on any atom is 0.323 e. The quantitative estimate of drug-likeness (QED) is 0.760. The Hall–Kier alpha value is -1.14. The summed E-state index contributed by atoms with van der Waals surface area (Å²) in [5.41, 5.74) is 0.788. The van der Waals surface area contributed by atoms with Gasteiger partial charge in [0.05, 0.1) is 6.61 Å². The van der Waals surface area contributed by atoms with Gasteiger partial charge in [0.2, 0.25) is 0 Å². The van der Waals surface area contributed by atoms with E-state index in [0.29, 0.717) is 6.61 Å². The van der Waals surface area contributed by atoms with Gasteiger partial charge in [-0.15, -0.1) is 0 Å². The van der Waals surface area contributed by atoms with E-state index < -0.39 is 0 Å². The number of benzene rings is 1. The zero-order valence-electron chi connectivity index (χ0n) is 10.3. The summed E-state index contributed by atoms with van der Waals surface area (Å²) in [7, 11) is 0. The third-order valence-electron chi connectivity index (χ3n) is 2.41. The van der Waals surface area contributed by atoms with Crippen LogP contribution in [0.5, 0.6) is 5.75 Å². The Kier molecular flexibility index (Phi) is 5.60. The Bertz CT molecular complexity index is 568. The highest BCUT2D eigenvalue weighted by atomic mass is 79.9. The van der Waals surface area contributed by atoms with Crippen LogP contribution in [0.4, 0.5) is 0 Å². The van der Waals surface area contributed by atoms with E-state index in [1.165, 1.54) is 0 Å². The molecular weight excluding hydrogens is 328 g/mol. The lowest BCUT2D eigenvalue weighted by molar-refractivity contribution is 0.318. The second-order valence-electron chi connectivity index (χ2n) is 3.98. The number of ether oxygens (including phenoxy) is 1. The summed E-state index contributed by atoms with van der Waals surface area (Å²) < 4.78 is 6.66. The van der Waals surface area contributed by atoms with Crippen molar-refractivity contribution in [1.29, 1.82) is 0 Å². The molecule has 1 heterocycles. The Labute approximate surface area is 124 Å². The van der Waals surface area contributed by atoms with Gasteiger partial charge in [0.15, 0.2) is 0 Å². The Morgan fingerprint density at radius 1 is 1.37 bits per heavy atom. The smallest absolute Gasteiger partial charge is 0.323 e. The van der Waals surface area contributed by atoms with Gasteiger partial charge in [-0.3, -0.25) is 0 Å². The fourth-order valence-corrected chi connectivity index (χ4v) is 2.76. The molecule has 0 bridgehead atoms. The minimum Gasteiger partial charge on any atom is -0.494 e. The van der Waals surface area contributed by atoms with Crippen LogP contribution in [0.15, 0.2) is 39.7 Å². The molecule has 1 aromatic carbocycles. The van der Waals surface area contributed by atoms with Gasteiger partial charge in [0, 0.05) is 22.1 Å². The average Bonchev–Trinajstić information content (AvgIpc) is 2.79. The monoisotopic (exact) mass is 342 g/mol. The molecule has 4 nitrogen and oxygen atoms in total. The average molecular weight is 343 g/mol. The van der Waals surface area contributed by atoms with Gasteiger partial charge in [-0.2, -0.15) is 11.8 Å². The summed E-state index contributed by atoms with van der Waals surface area (Å²) >= 11 is 5.19. The van der Waals surface area contributed by atoms with Crippen LogP contribution in [0.1, 0.15) is 12.1 Å². The van der Waals surface area contributed by atoms with Crippen molar-refractivity contribution in [3.05, 3.63) is 51.1 Å². The molecule has 0 saturated heterocycles. The molecule has 2 rings (SSSR count). The summed E-state index contributed by atoms with van der Waals surface area (Å²) in [6.45, 7) is 0.701. The molecule has 0 spiro atoms. The molecule has 0 unspecified atom stereocenters. The molecular formula is C13H15BrN2O2S. The molecule has 0 saturated carbocycles. The summed E-state index contributed by atoms with van der Waals surface area (Å²) in [4.78, 5) is 16.2. The fraction of sp³-hybridized carbons (Fsp3) is 0.308. The highest BCUT2D eigenvalue weighted by Crippen LogP contribution is 2.18. The van der Waals surface area contributed by atoms with Crippen LogP contribution in [0.3, 0.4) is 0 Å². The molecule has 0 aliphatic rings. The van der Waals surface area contributed by atoms with Crippen LogP contribution in [0.2, 0.25) is 0 Å². The van der Waals surface area contributed by atoms with Gasteiger partial charge in [-0.25, -0.2) is 4.79 Å². The van der Waals surface area contributed by atoms with E-state index in [9.17, 15) is 4.79 Å². The van der Waals surface area contributed by atoms with Crippen molar-refractivity contribution in [3.8, 4) is 5.75 Å². The van der Waals surface area contributed by atoms with Gasteiger partial charge in [-0.05, 0) is 30.4 Å². The molecule has 6 heteroatoms. The van der Waals surface area contributed by atoms with Gasteiger partial charge >= 0.3 is 5.69 Å². The number of aromatic amines is 2. The van der Waals surface area contributed by atoms with Gasteiger partial charge in [0.1, 0.15) is 5.75 Å². The zero-order valence-corrected chi connectivity index (χ0v) is 12.7. The number of halogens is 1. The zero-order chi connectivity index (χ0) is 13.5. The lowest BCUT2D eigenvalue weighted by atomic mass is 10.3. The molecule has 0 radical (unpaired) electrons. The van der Waals surface area contributed by atoms with Crippen LogP contribution >= 0.6 is 27.7 Å². The first-order valence-corrected chi connectivity index (χ1v) is 7.91. The molecule has 0 atom stereocenters. The molecule has 1 aromatic heterocycles. The second kappa shape index (κ2) is 7.45. The predicted octanol–water partition coefficient (Wildman–Crippen LogP) is 3.17. The van der Waals surface area contributed by atoms with E-state index in [0.717, 1.165) is 33.8 Å². The summed E-state index contributed by atoms with van der Waals surface area (Å²) in [5.74, 6) is 2.70. The Morgan fingerprint density at radius 2 is 2.26 bits per heavy atom. The number of nitrogens with one attached hydrogen (secondary N) is 2. The standard InChI is InChI=1S/C13H15BrN2O2S/c14-10-3-1-4-12(7-10)18-5-2-6-19-9-11-8-15-13(17)16-11/h1,3-4,7-8H,2,5-6,9H2,(H2,15,16,17). The van der Waals surface area contributed by atoms with E-state index >= 15 is 0 Å². The third-order valence-corrected chi connectivity index (χ3v) is 3.99.